The molecule has 3 aromatic carbocycles. The van der Waals surface area contributed by atoms with Crippen LogP contribution >= 0.6 is 0 Å². The highest BCUT2D eigenvalue weighted by molar-refractivity contribution is 5.34. The highest BCUT2D eigenvalue weighted by Crippen LogP contribution is 2.24. The molecule has 0 saturated carbocycles. The van der Waals surface area contributed by atoms with Gasteiger partial charge in [0.25, 0.3) is 0 Å². The number of rotatable bonds is 6. The Labute approximate surface area is 137 Å². The second-order valence-electron chi connectivity index (χ2n) is 5.53. The third-order valence-electron chi connectivity index (χ3n) is 3.77. The van der Waals surface area contributed by atoms with Crippen LogP contribution in [0.15, 0.2) is 84.9 Å². The van der Waals surface area contributed by atoms with E-state index in [2.05, 4.69) is 6.07 Å². The lowest BCUT2D eigenvalue weighted by Crippen LogP contribution is -1.99. The minimum Gasteiger partial charge on any atom is -0.457 e. The van der Waals surface area contributed by atoms with Gasteiger partial charge in [0.2, 0.25) is 0 Å². The zero-order chi connectivity index (χ0) is 15.9. The Hall–Kier alpha value is -2.58. The first-order valence-corrected chi connectivity index (χ1v) is 7.86. The van der Waals surface area contributed by atoms with Crippen LogP contribution in [0.3, 0.4) is 0 Å². The van der Waals surface area contributed by atoms with Crippen molar-refractivity contribution in [1.29, 1.82) is 0 Å². The van der Waals surface area contributed by atoms with Gasteiger partial charge in [-0.05, 0) is 48.2 Å². The van der Waals surface area contributed by atoms with Gasteiger partial charge in [0.1, 0.15) is 11.5 Å². The third-order valence-corrected chi connectivity index (χ3v) is 3.77. The molecule has 3 aromatic rings. The quantitative estimate of drug-likeness (QED) is 0.683. The first-order chi connectivity index (χ1) is 11.3. The van der Waals surface area contributed by atoms with Crippen LogP contribution in [-0.2, 0) is 6.42 Å². The zero-order valence-electron chi connectivity index (χ0n) is 12.9. The van der Waals surface area contributed by atoms with Crippen LogP contribution in [0.5, 0.6) is 11.5 Å². The lowest BCUT2D eigenvalue weighted by Gasteiger charge is -2.12. The third kappa shape index (κ3) is 4.44. The molecule has 0 saturated heterocycles. The van der Waals surface area contributed by atoms with Gasteiger partial charge in [-0.25, -0.2) is 0 Å². The van der Waals surface area contributed by atoms with Crippen LogP contribution in [0.25, 0.3) is 0 Å². The number of hydrogen-bond acceptors (Lipinski definition) is 2. The van der Waals surface area contributed by atoms with Crippen molar-refractivity contribution in [3.63, 3.8) is 0 Å². The molecule has 0 bridgehead atoms. The summed E-state index contributed by atoms with van der Waals surface area (Å²) in [5.74, 6) is 1.65. The molecule has 3 rings (SSSR count). The van der Waals surface area contributed by atoms with E-state index in [1.165, 1.54) is 0 Å². The maximum atomic E-state index is 10.3. The largest absolute Gasteiger partial charge is 0.457 e. The SMILES string of the molecule is OC(CCc1cccc(Oc2ccccc2)c1)c1ccccc1. The Morgan fingerprint density at radius 2 is 1.39 bits per heavy atom. The highest BCUT2D eigenvalue weighted by atomic mass is 16.5. The first kappa shape index (κ1) is 15.3. The fourth-order valence-corrected chi connectivity index (χ4v) is 2.53. The van der Waals surface area contributed by atoms with Crippen molar-refractivity contribution in [2.75, 3.05) is 0 Å². The van der Waals surface area contributed by atoms with Gasteiger partial charge in [0.15, 0.2) is 0 Å². The molecule has 0 aliphatic heterocycles. The second kappa shape index (κ2) is 7.61. The molecule has 1 N–H and O–H groups in total. The fourth-order valence-electron chi connectivity index (χ4n) is 2.53. The van der Waals surface area contributed by atoms with Gasteiger partial charge < -0.3 is 9.84 Å². The average molecular weight is 304 g/mol. The predicted octanol–water partition coefficient (Wildman–Crippen LogP) is 5.15. The number of aryl methyl sites for hydroxylation is 1. The monoisotopic (exact) mass is 304 g/mol. The molecule has 2 heteroatoms. The van der Waals surface area contributed by atoms with E-state index in [0.29, 0.717) is 6.42 Å². The van der Waals surface area contributed by atoms with Gasteiger partial charge in [-0.1, -0.05) is 60.7 Å². The number of ether oxygens (including phenoxy) is 1. The van der Waals surface area contributed by atoms with E-state index in [9.17, 15) is 5.11 Å². The number of aliphatic hydroxyl groups excluding tert-OH is 1. The molecular formula is C21H20O2. The summed E-state index contributed by atoms with van der Waals surface area (Å²) in [6.45, 7) is 0. The van der Waals surface area contributed by atoms with E-state index in [1.54, 1.807) is 0 Å². The lowest BCUT2D eigenvalue weighted by molar-refractivity contribution is 0.168. The van der Waals surface area contributed by atoms with E-state index < -0.39 is 6.10 Å². The van der Waals surface area contributed by atoms with Crippen LogP contribution in [0.1, 0.15) is 23.7 Å². The number of aliphatic hydroxyl groups is 1. The summed E-state index contributed by atoms with van der Waals surface area (Å²) in [5.41, 5.74) is 2.12. The molecule has 0 aliphatic rings. The maximum absolute atomic E-state index is 10.3. The number of para-hydroxylation sites is 1. The van der Waals surface area contributed by atoms with Crippen molar-refractivity contribution in [3.8, 4) is 11.5 Å². The zero-order valence-corrected chi connectivity index (χ0v) is 12.9. The van der Waals surface area contributed by atoms with Gasteiger partial charge in [-0.2, -0.15) is 0 Å². The van der Waals surface area contributed by atoms with E-state index in [4.69, 9.17) is 4.74 Å². The van der Waals surface area contributed by atoms with Crippen molar-refractivity contribution >= 4 is 0 Å². The molecule has 0 amide bonds. The van der Waals surface area contributed by atoms with Crippen LogP contribution in [0, 0.1) is 0 Å². The van der Waals surface area contributed by atoms with Crippen molar-refractivity contribution in [2.24, 2.45) is 0 Å². The summed E-state index contributed by atoms with van der Waals surface area (Å²) < 4.78 is 5.85. The maximum Gasteiger partial charge on any atom is 0.127 e. The predicted molar refractivity (Wildman–Crippen MR) is 92.7 cm³/mol. The molecular weight excluding hydrogens is 284 g/mol. The Kier molecular flexibility index (Phi) is 5.07. The Morgan fingerprint density at radius 1 is 0.739 bits per heavy atom. The van der Waals surface area contributed by atoms with Crippen molar-refractivity contribution in [2.45, 2.75) is 18.9 Å². The van der Waals surface area contributed by atoms with Gasteiger partial charge in [0.05, 0.1) is 6.10 Å². The molecule has 0 fully saturated rings. The van der Waals surface area contributed by atoms with E-state index in [1.807, 2.05) is 78.9 Å². The second-order valence-corrected chi connectivity index (χ2v) is 5.53. The molecule has 23 heavy (non-hydrogen) atoms. The molecule has 0 aliphatic carbocycles. The van der Waals surface area contributed by atoms with Crippen LogP contribution < -0.4 is 4.74 Å². The van der Waals surface area contributed by atoms with Crippen molar-refractivity contribution < 1.29 is 9.84 Å². The van der Waals surface area contributed by atoms with Crippen molar-refractivity contribution in [3.05, 3.63) is 96.1 Å². The van der Waals surface area contributed by atoms with Gasteiger partial charge in [-0.3, -0.25) is 0 Å². The normalized spacial score (nSPS) is 11.9. The van der Waals surface area contributed by atoms with Gasteiger partial charge in [0, 0.05) is 0 Å². The van der Waals surface area contributed by atoms with Crippen LogP contribution in [-0.4, -0.2) is 5.11 Å². The van der Waals surface area contributed by atoms with E-state index in [0.717, 1.165) is 29.0 Å². The summed E-state index contributed by atoms with van der Waals surface area (Å²) in [4.78, 5) is 0. The topological polar surface area (TPSA) is 29.5 Å². The minimum atomic E-state index is -0.435. The molecule has 0 spiro atoms. The summed E-state index contributed by atoms with van der Waals surface area (Å²) >= 11 is 0. The number of benzene rings is 3. The summed E-state index contributed by atoms with van der Waals surface area (Å²) in [6.07, 6.45) is 1.07. The molecule has 2 nitrogen and oxygen atoms in total. The fraction of sp³-hybridized carbons (Fsp3) is 0.143. The van der Waals surface area contributed by atoms with Crippen LogP contribution in [0.4, 0.5) is 0 Å². The number of hydrogen-bond donors (Lipinski definition) is 1. The van der Waals surface area contributed by atoms with Crippen LogP contribution in [0.2, 0.25) is 0 Å². The van der Waals surface area contributed by atoms with E-state index >= 15 is 0 Å². The smallest absolute Gasteiger partial charge is 0.127 e. The molecule has 1 atom stereocenters. The standard InChI is InChI=1S/C21H20O2/c22-21(18-9-3-1-4-10-18)15-14-17-8-7-13-20(16-17)23-19-11-5-2-6-12-19/h1-13,16,21-22H,14-15H2. The Morgan fingerprint density at radius 3 is 2.13 bits per heavy atom. The highest BCUT2D eigenvalue weighted by Gasteiger charge is 2.07. The average Bonchev–Trinajstić information content (AvgIpc) is 2.62. The summed E-state index contributed by atoms with van der Waals surface area (Å²) in [7, 11) is 0. The van der Waals surface area contributed by atoms with Gasteiger partial charge >= 0.3 is 0 Å². The minimum absolute atomic E-state index is 0.435. The first-order valence-electron chi connectivity index (χ1n) is 7.86. The molecule has 0 aromatic heterocycles. The Bertz CT molecular complexity index is 723. The molecule has 0 heterocycles. The van der Waals surface area contributed by atoms with Gasteiger partial charge in [-0.15, -0.1) is 0 Å². The lowest BCUT2D eigenvalue weighted by atomic mass is 10.0. The molecule has 1 unspecified atom stereocenters. The summed E-state index contributed by atoms with van der Waals surface area (Å²) in [5, 5.41) is 10.3. The summed E-state index contributed by atoms with van der Waals surface area (Å²) in [6, 6.07) is 27.6. The van der Waals surface area contributed by atoms with Crippen molar-refractivity contribution in [1.82, 2.24) is 0 Å². The van der Waals surface area contributed by atoms with E-state index in [-0.39, 0.29) is 0 Å². The Balaban J connectivity index is 1.61. The molecule has 0 radical (unpaired) electrons. The molecule has 116 valence electrons.